The normalized spacial score (nSPS) is 17.8. The van der Waals surface area contributed by atoms with E-state index in [0.717, 1.165) is 61.8 Å². The molecule has 0 radical (unpaired) electrons. The summed E-state index contributed by atoms with van der Waals surface area (Å²) in [4.78, 5) is 15.2. The van der Waals surface area contributed by atoms with Crippen LogP contribution in [-0.4, -0.2) is 56.8 Å². The van der Waals surface area contributed by atoms with Gasteiger partial charge < -0.3 is 15.2 Å². The van der Waals surface area contributed by atoms with E-state index >= 15 is 0 Å². The Labute approximate surface area is 159 Å². The fraction of sp³-hybridized carbons (Fsp3) is 0.450. The number of aromatic nitrogens is 4. The van der Waals surface area contributed by atoms with Crippen LogP contribution in [-0.2, 0) is 13.5 Å². The summed E-state index contributed by atoms with van der Waals surface area (Å²) < 4.78 is 1.88. The molecule has 3 heterocycles. The van der Waals surface area contributed by atoms with Gasteiger partial charge in [0.25, 0.3) is 0 Å². The van der Waals surface area contributed by atoms with Crippen LogP contribution in [0.25, 0.3) is 11.0 Å². The molecule has 7 nitrogen and oxygen atoms in total. The molecular weight excluding hydrogens is 338 g/mol. The Hall–Kier alpha value is -2.83. The van der Waals surface area contributed by atoms with Gasteiger partial charge in [0.1, 0.15) is 5.82 Å². The molecule has 1 saturated heterocycles. The number of H-pyrrole nitrogens is 1. The van der Waals surface area contributed by atoms with Gasteiger partial charge in [-0.2, -0.15) is 5.10 Å². The first-order valence-corrected chi connectivity index (χ1v) is 9.68. The van der Waals surface area contributed by atoms with Crippen LogP contribution in [0, 0.1) is 0 Å². The Morgan fingerprint density at radius 3 is 3.04 bits per heavy atom. The predicted molar refractivity (Wildman–Crippen MR) is 108 cm³/mol. The maximum atomic E-state index is 4.84. The molecule has 1 unspecified atom stereocenters. The number of nitrogens with one attached hydrogen (secondary N) is 2. The SMILES string of the molecule is CCNC(=NCCc1nc2ccccc2[nH]1)N1CCC(c2cnn(C)c2)C1. The number of aliphatic imine (C=N–C) groups is 1. The molecule has 142 valence electrons. The molecule has 1 aliphatic heterocycles. The number of para-hydroxylation sites is 2. The quantitative estimate of drug-likeness (QED) is 0.537. The predicted octanol–water partition coefficient (Wildman–Crippen LogP) is 2.29. The van der Waals surface area contributed by atoms with Crippen molar-refractivity contribution >= 4 is 17.0 Å². The largest absolute Gasteiger partial charge is 0.357 e. The summed E-state index contributed by atoms with van der Waals surface area (Å²) in [6, 6.07) is 8.13. The highest BCUT2D eigenvalue weighted by Crippen LogP contribution is 2.26. The Balaban J connectivity index is 1.39. The molecular formula is C20H27N7. The van der Waals surface area contributed by atoms with Gasteiger partial charge in [-0.1, -0.05) is 12.1 Å². The third-order valence-corrected chi connectivity index (χ3v) is 5.07. The highest BCUT2D eigenvalue weighted by Gasteiger charge is 2.26. The molecule has 2 N–H and O–H groups in total. The number of aryl methyl sites for hydroxylation is 1. The van der Waals surface area contributed by atoms with Crippen molar-refractivity contribution in [3.8, 4) is 0 Å². The number of guanidine groups is 1. The molecule has 0 spiro atoms. The van der Waals surface area contributed by atoms with E-state index in [1.165, 1.54) is 5.56 Å². The monoisotopic (exact) mass is 365 g/mol. The molecule has 1 atom stereocenters. The van der Waals surface area contributed by atoms with E-state index in [0.29, 0.717) is 5.92 Å². The lowest BCUT2D eigenvalue weighted by Gasteiger charge is -2.21. The van der Waals surface area contributed by atoms with Gasteiger partial charge in [0.2, 0.25) is 0 Å². The van der Waals surface area contributed by atoms with Gasteiger partial charge >= 0.3 is 0 Å². The zero-order valence-electron chi connectivity index (χ0n) is 16.0. The van der Waals surface area contributed by atoms with Crippen LogP contribution in [0.15, 0.2) is 41.7 Å². The number of fused-ring (bicyclic) bond motifs is 1. The molecule has 0 amide bonds. The second-order valence-corrected chi connectivity index (χ2v) is 7.07. The van der Waals surface area contributed by atoms with Gasteiger partial charge in [-0.3, -0.25) is 9.67 Å². The van der Waals surface area contributed by atoms with E-state index < -0.39 is 0 Å². The summed E-state index contributed by atoms with van der Waals surface area (Å²) in [6.07, 6.45) is 6.06. The maximum absolute atomic E-state index is 4.84. The number of hydrogen-bond acceptors (Lipinski definition) is 3. The lowest BCUT2D eigenvalue weighted by Crippen LogP contribution is -2.40. The minimum atomic E-state index is 0.526. The molecule has 0 bridgehead atoms. The third kappa shape index (κ3) is 3.97. The van der Waals surface area contributed by atoms with Crippen LogP contribution in [0.3, 0.4) is 0 Å². The fourth-order valence-corrected chi connectivity index (χ4v) is 3.69. The second kappa shape index (κ2) is 7.82. The van der Waals surface area contributed by atoms with Crippen molar-refractivity contribution in [3.63, 3.8) is 0 Å². The van der Waals surface area contributed by atoms with Gasteiger partial charge in [-0.25, -0.2) is 4.98 Å². The lowest BCUT2D eigenvalue weighted by molar-refractivity contribution is 0.486. The van der Waals surface area contributed by atoms with Crippen molar-refractivity contribution in [2.75, 3.05) is 26.2 Å². The van der Waals surface area contributed by atoms with Crippen molar-refractivity contribution in [1.82, 2.24) is 30.0 Å². The first-order valence-electron chi connectivity index (χ1n) is 9.68. The Morgan fingerprint density at radius 1 is 1.37 bits per heavy atom. The highest BCUT2D eigenvalue weighted by molar-refractivity contribution is 5.80. The number of hydrogen-bond donors (Lipinski definition) is 2. The van der Waals surface area contributed by atoms with Gasteiger partial charge in [-0.05, 0) is 31.0 Å². The van der Waals surface area contributed by atoms with Gasteiger partial charge in [0.05, 0.1) is 17.2 Å². The second-order valence-electron chi connectivity index (χ2n) is 7.07. The number of nitrogens with zero attached hydrogens (tertiary/aromatic N) is 5. The van der Waals surface area contributed by atoms with Crippen molar-refractivity contribution in [3.05, 3.63) is 48.0 Å². The van der Waals surface area contributed by atoms with Gasteiger partial charge in [0, 0.05) is 51.8 Å². The van der Waals surface area contributed by atoms with Gasteiger partial charge in [0.15, 0.2) is 5.96 Å². The number of benzene rings is 1. The molecule has 0 saturated carbocycles. The maximum Gasteiger partial charge on any atom is 0.193 e. The number of likely N-dealkylation sites (tertiary alicyclic amines) is 1. The Morgan fingerprint density at radius 2 is 2.26 bits per heavy atom. The van der Waals surface area contributed by atoms with Crippen molar-refractivity contribution < 1.29 is 0 Å². The minimum absolute atomic E-state index is 0.526. The zero-order valence-corrected chi connectivity index (χ0v) is 16.0. The smallest absolute Gasteiger partial charge is 0.193 e. The average molecular weight is 365 g/mol. The summed E-state index contributed by atoms with van der Waals surface area (Å²) in [5.41, 5.74) is 3.42. The molecule has 7 heteroatoms. The van der Waals surface area contributed by atoms with E-state index in [-0.39, 0.29) is 0 Å². The van der Waals surface area contributed by atoms with Crippen molar-refractivity contribution in [2.45, 2.75) is 25.7 Å². The molecule has 0 aliphatic carbocycles. The van der Waals surface area contributed by atoms with Crippen LogP contribution in [0.2, 0.25) is 0 Å². The summed E-state index contributed by atoms with van der Waals surface area (Å²) in [7, 11) is 1.97. The van der Waals surface area contributed by atoms with Crippen LogP contribution >= 0.6 is 0 Å². The standard InChI is InChI=1S/C20H27N7/c1-3-21-20(27-11-9-15(14-27)16-12-23-26(2)13-16)22-10-8-19-24-17-6-4-5-7-18(17)25-19/h4-7,12-13,15H,3,8-11,14H2,1-2H3,(H,21,22)(H,24,25). The van der Waals surface area contributed by atoms with E-state index in [9.17, 15) is 0 Å². The number of rotatable bonds is 5. The van der Waals surface area contributed by atoms with Crippen LogP contribution in [0.5, 0.6) is 0 Å². The molecule has 3 aromatic rings. The summed E-state index contributed by atoms with van der Waals surface area (Å²) in [5, 5.41) is 7.75. The first kappa shape index (κ1) is 17.6. The average Bonchev–Trinajstić information content (AvgIpc) is 3.39. The molecule has 4 rings (SSSR count). The minimum Gasteiger partial charge on any atom is -0.357 e. The molecule has 27 heavy (non-hydrogen) atoms. The highest BCUT2D eigenvalue weighted by atomic mass is 15.3. The van der Waals surface area contributed by atoms with E-state index in [2.05, 4.69) is 44.5 Å². The number of aromatic amines is 1. The summed E-state index contributed by atoms with van der Waals surface area (Å²) in [5.74, 6) is 2.52. The fourth-order valence-electron chi connectivity index (χ4n) is 3.69. The van der Waals surface area contributed by atoms with Crippen molar-refractivity contribution in [2.24, 2.45) is 12.0 Å². The van der Waals surface area contributed by atoms with Crippen LogP contribution < -0.4 is 5.32 Å². The van der Waals surface area contributed by atoms with E-state index in [1.54, 1.807) is 0 Å². The summed E-state index contributed by atoms with van der Waals surface area (Å²) in [6.45, 7) is 5.72. The third-order valence-electron chi connectivity index (χ3n) is 5.07. The van der Waals surface area contributed by atoms with Crippen LogP contribution in [0.4, 0.5) is 0 Å². The van der Waals surface area contributed by atoms with Crippen LogP contribution in [0.1, 0.15) is 30.7 Å². The van der Waals surface area contributed by atoms with Crippen molar-refractivity contribution in [1.29, 1.82) is 0 Å². The lowest BCUT2D eigenvalue weighted by atomic mass is 10.0. The van der Waals surface area contributed by atoms with E-state index in [1.807, 2.05) is 36.1 Å². The Bertz CT molecular complexity index is 890. The number of imidazole rings is 1. The topological polar surface area (TPSA) is 74.1 Å². The zero-order chi connectivity index (χ0) is 18.6. The molecule has 1 fully saturated rings. The van der Waals surface area contributed by atoms with Gasteiger partial charge in [-0.15, -0.1) is 0 Å². The molecule has 2 aromatic heterocycles. The molecule has 1 aromatic carbocycles. The molecule has 1 aliphatic rings. The summed E-state index contributed by atoms with van der Waals surface area (Å²) >= 11 is 0. The van der Waals surface area contributed by atoms with E-state index in [4.69, 9.17) is 4.99 Å². The Kier molecular flexibility index (Phi) is 5.09. The first-order chi connectivity index (χ1) is 13.2.